The number of hydrogen-bond acceptors (Lipinski definition) is 5. The third-order valence-corrected chi connectivity index (χ3v) is 4.57. The predicted octanol–water partition coefficient (Wildman–Crippen LogP) is 2.40. The molecule has 128 valence electrons. The van der Waals surface area contributed by atoms with Gasteiger partial charge in [0, 0.05) is 25.0 Å². The highest BCUT2D eigenvalue weighted by molar-refractivity contribution is 5.54. The molecule has 1 aliphatic heterocycles. The molecule has 0 saturated carbocycles. The van der Waals surface area contributed by atoms with Crippen molar-refractivity contribution in [2.24, 2.45) is 0 Å². The van der Waals surface area contributed by atoms with Gasteiger partial charge in [0.2, 0.25) is 0 Å². The lowest BCUT2D eigenvalue weighted by atomic mass is 10.1. The third-order valence-electron chi connectivity index (χ3n) is 4.57. The van der Waals surface area contributed by atoms with Gasteiger partial charge in [0.25, 0.3) is 0 Å². The molecule has 0 spiro atoms. The fraction of sp³-hybridized carbons (Fsp3) is 0.263. The molecule has 2 aromatic heterocycles. The van der Waals surface area contributed by atoms with Gasteiger partial charge in [0.05, 0.1) is 18.1 Å². The van der Waals surface area contributed by atoms with Crippen molar-refractivity contribution in [3.8, 4) is 11.4 Å². The second kappa shape index (κ2) is 7.14. The molecule has 3 N–H and O–H groups in total. The van der Waals surface area contributed by atoms with E-state index in [9.17, 15) is 0 Å². The molecular weight excluding hydrogens is 312 g/mol. The molecular formula is C19H22N6. The van der Waals surface area contributed by atoms with Crippen LogP contribution in [0.5, 0.6) is 0 Å². The predicted molar refractivity (Wildman–Crippen MR) is 97.3 cm³/mol. The van der Waals surface area contributed by atoms with E-state index in [0.29, 0.717) is 6.04 Å². The van der Waals surface area contributed by atoms with Crippen LogP contribution in [-0.4, -0.2) is 21.1 Å². The first-order valence-corrected chi connectivity index (χ1v) is 8.57. The molecule has 1 aliphatic rings. The molecule has 6 nitrogen and oxygen atoms in total. The van der Waals surface area contributed by atoms with E-state index in [1.807, 2.05) is 24.7 Å². The third kappa shape index (κ3) is 3.61. The molecule has 3 aromatic rings. The van der Waals surface area contributed by atoms with E-state index >= 15 is 0 Å². The highest BCUT2D eigenvalue weighted by atomic mass is 15.6. The van der Waals surface area contributed by atoms with Crippen LogP contribution in [0.4, 0.5) is 0 Å². The monoisotopic (exact) mass is 334 g/mol. The average Bonchev–Trinajstić information content (AvgIpc) is 3.35. The largest absolute Gasteiger partial charge is 0.334 e. The summed E-state index contributed by atoms with van der Waals surface area (Å²) in [5.41, 5.74) is 13.5. The van der Waals surface area contributed by atoms with E-state index < -0.39 is 0 Å². The quantitative estimate of drug-likeness (QED) is 0.669. The minimum atomic E-state index is 0.237. The van der Waals surface area contributed by atoms with Crippen LogP contribution in [0.2, 0.25) is 0 Å². The van der Waals surface area contributed by atoms with Crippen LogP contribution in [0.1, 0.15) is 30.1 Å². The Hall–Kier alpha value is -2.54. The highest BCUT2D eigenvalue weighted by Crippen LogP contribution is 2.22. The smallest absolute Gasteiger partial charge is 0.107 e. The number of imidazole rings is 1. The lowest BCUT2D eigenvalue weighted by Gasteiger charge is -2.13. The fourth-order valence-electron chi connectivity index (χ4n) is 3.12. The van der Waals surface area contributed by atoms with Crippen LogP contribution in [0.25, 0.3) is 11.4 Å². The van der Waals surface area contributed by atoms with Gasteiger partial charge in [-0.25, -0.2) is 15.8 Å². The zero-order valence-corrected chi connectivity index (χ0v) is 14.2. The molecule has 3 heterocycles. The maximum Gasteiger partial charge on any atom is 0.107 e. The maximum atomic E-state index is 4.57. The van der Waals surface area contributed by atoms with Crippen LogP contribution in [-0.2, 0) is 6.42 Å². The molecule has 1 saturated heterocycles. The van der Waals surface area contributed by atoms with Gasteiger partial charge in [-0.1, -0.05) is 30.3 Å². The standard InChI is InChI=1S/C19H22N6/c1-14(9-15-5-3-2-4-6-15)25-12-19(21-13-25)17-10-16(7-8-20-17)18-11-22-24-23-18/h2-8,10,12-14,18,22-24H,9,11H2,1H3. The Labute approximate surface area is 147 Å². The number of rotatable bonds is 5. The molecule has 0 aliphatic carbocycles. The summed E-state index contributed by atoms with van der Waals surface area (Å²) in [7, 11) is 0. The normalized spacial score (nSPS) is 18.4. The Balaban J connectivity index is 1.52. The maximum absolute atomic E-state index is 4.57. The van der Waals surface area contributed by atoms with Crippen LogP contribution in [0.15, 0.2) is 61.2 Å². The number of pyridine rings is 1. The molecule has 1 aromatic carbocycles. The van der Waals surface area contributed by atoms with E-state index in [4.69, 9.17) is 0 Å². The lowest BCUT2D eigenvalue weighted by molar-refractivity contribution is 0.544. The van der Waals surface area contributed by atoms with Gasteiger partial charge in [-0.05, 0) is 36.6 Å². The first-order chi connectivity index (χ1) is 12.3. The van der Waals surface area contributed by atoms with Gasteiger partial charge in [0.1, 0.15) is 5.69 Å². The Morgan fingerprint density at radius 2 is 2.04 bits per heavy atom. The molecule has 0 radical (unpaired) electrons. The summed E-state index contributed by atoms with van der Waals surface area (Å²) in [4.78, 5) is 9.06. The molecule has 2 unspecified atom stereocenters. The Bertz CT molecular complexity index is 823. The lowest BCUT2D eigenvalue weighted by Crippen LogP contribution is -2.30. The number of aromatic nitrogens is 3. The molecule has 2 atom stereocenters. The zero-order valence-electron chi connectivity index (χ0n) is 14.2. The summed E-state index contributed by atoms with van der Waals surface area (Å²) in [6, 6.07) is 15.2. The molecule has 25 heavy (non-hydrogen) atoms. The minimum absolute atomic E-state index is 0.237. The van der Waals surface area contributed by atoms with Crippen molar-refractivity contribution >= 4 is 0 Å². The van der Waals surface area contributed by atoms with Crippen LogP contribution in [0.3, 0.4) is 0 Å². The van der Waals surface area contributed by atoms with Gasteiger partial charge in [-0.15, -0.1) is 0 Å². The summed E-state index contributed by atoms with van der Waals surface area (Å²) in [6.07, 6.45) is 6.80. The Morgan fingerprint density at radius 3 is 2.84 bits per heavy atom. The Morgan fingerprint density at radius 1 is 1.16 bits per heavy atom. The molecule has 4 rings (SSSR count). The van der Waals surface area contributed by atoms with Crippen LogP contribution in [0, 0.1) is 0 Å². The number of hydrogen-bond donors (Lipinski definition) is 3. The van der Waals surface area contributed by atoms with E-state index in [0.717, 1.165) is 24.4 Å². The number of hydrazine groups is 2. The van der Waals surface area contributed by atoms with Crippen molar-refractivity contribution in [1.82, 2.24) is 30.9 Å². The molecule has 1 fully saturated rings. The average molecular weight is 334 g/mol. The van der Waals surface area contributed by atoms with Crippen molar-refractivity contribution in [2.45, 2.75) is 25.4 Å². The van der Waals surface area contributed by atoms with Gasteiger partial charge >= 0.3 is 0 Å². The van der Waals surface area contributed by atoms with Crippen LogP contribution < -0.4 is 16.4 Å². The molecule has 6 heteroatoms. The van der Waals surface area contributed by atoms with Gasteiger partial charge in [-0.2, -0.15) is 5.53 Å². The summed E-state index contributed by atoms with van der Waals surface area (Å²) in [5.74, 6) is 0. The van der Waals surface area contributed by atoms with E-state index in [2.05, 4.69) is 74.4 Å². The SMILES string of the molecule is CC(Cc1ccccc1)n1cnc(-c2cc(C3CNNN3)ccn2)c1. The van der Waals surface area contributed by atoms with E-state index in [1.54, 1.807) is 0 Å². The molecule has 0 bridgehead atoms. The zero-order chi connectivity index (χ0) is 17.1. The van der Waals surface area contributed by atoms with Gasteiger partial charge in [-0.3, -0.25) is 4.98 Å². The second-order valence-corrected chi connectivity index (χ2v) is 6.42. The summed E-state index contributed by atoms with van der Waals surface area (Å²) >= 11 is 0. The van der Waals surface area contributed by atoms with Crippen molar-refractivity contribution < 1.29 is 0 Å². The van der Waals surface area contributed by atoms with E-state index in [1.165, 1.54) is 11.1 Å². The van der Waals surface area contributed by atoms with Crippen molar-refractivity contribution in [1.29, 1.82) is 0 Å². The molecule has 0 amide bonds. The van der Waals surface area contributed by atoms with Gasteiger partial charge in [0.15, 0.2) is 0 Å². The van der Waals surface area contributed by atoms with Crippen molar-refractivity contribution in [3.63, 3.8) is 0 Å². The van der Waals surface area contributed by atoms with Crippen molar-refractivity contribution in [3.05, 3.63) is 72.3 Å². The summed E-state index contributed by atoms with van der Waals surface area (Å²) in [6.45, 7) is 3.05. The topological polar surface area (TPSA) is 66.8 Å². The Kier molecular flexibility index (Phi) is 4.56. The highest BCUT2D eigenvalue weighted by Gasteiger charge is 2.17. The van der Waals surface area contributed by atoms with Gasteiger partial charge < -0.3 is 4.57 Å². The fourth-order valence-corrected chi connectivity index (χ4v) is 3.12. The second-order valence-electron chi connectivity index (χ2n) is 6.42. The first kappa shape index (κ1) is 16.0. The summed E-state index contributed by atoms with van der Waals surface area (Å²) in [5, 5.41) is 0. The summed E-state index contributed by atoms with van der Waals surface area (Å²) < 4.78 is 2.16. The number of benzene rings is 1. The number of nitrogens with zero attached hydrogens (tertiary/aromatic N) is 3. The minimum Gasteiger partial charge on any atom is -0.334 e. The van der Waals surface area contributed by atoms with Crippen molar-refractivity contribution in [2.75, 3.05) is 6.54 Å². The van der Waals surface area contributed by atoms with Crippen LogP contribution >= 0.6 is 0 Å². The van der Waals surface area contributed by atoms with E-state index in [-0.39, 0.29) is 6.04 Å². The first-order valence-electron chi connectivity index (χ1n) is 8.57. The number of nitrogens with one attached hydrogen (secondary N) is 3.